The first-order valence-electron chi connectivity index (χ1n) is 14.4. The van der Waals surface area contributed by atoms with Crippen LogP contribution >= 0.6 is 11.6 Å². The van der Waals surface area contributed by atoms with Crippen molar-refractivity contribution in [1.29, 1.82) is 0 Å². The van der Waals surface area contributed by atoms with E-state index in [0.29, 0.717) is 27.5 Å². The zero-order chi connectivity index (χ0) is 31.5. The molecule has 0 radical (unpaired) electrons. The molecule has 1 atom stereocenters. The van der Waals surface area contributed by atoms with Crippen LogP contribution in [0.25, 0.3) is 5.52 Å². The maximum absolute atomic E-state index is 14.2. The lowest BCUT2D eigenvalue weighted by molar-refractivity contribution is 0.0488. The van der Waals surface area contributed by atoms with Crippen molar-refractivity contribution < 1.29 is 14.3 Å². The zero-order valence-corrected chi connectivity index (χ0v) is 26.6. The Kier molecular flexibility index (Phi) is 9.65. The molecule has 9 nitrogen and oxygen atoms in total. The number of carbonyl (C=O) groups is 2. The molecule has 0 saturated carbocycles. The van der Waals surface area contributed by atoms with E-state index in [-0.39, 0.29) is 37.1 Å². The van der Waals surface area contributed by atoms with Gasteiger partial charge in [0.25, 0.3) is 5.91 Å². The van der Waals surface area contributed by atoms with Crippen LogP contribution in [0.5, 0.6) is 0 Å². The number of hydrogen-bond donors (Lipinski definition) is 1. The molecule has 2 aromatic carbocycles. The van der Waals surface area contributed by atoms with Crippen molar-refractivity contribution in [2.75, 3.05) is 13.1 Å². The topological polar surface area (TPSA) is 97.9 Å². The number of alkyl carbamates (subject to hydrolysis) is 1. The van der Waals surface area contributed by atoms with Gasteiger partial charge in [-0.2, -0.15) is 9.61 Å². The Balaban J connectivity index is 1.85. The highest BCUT2D eigenvalue weighted by molar-refractivity contribution is 6.34. The van der Waals surface area contributed by atoms with E-state index in [9.17, 15) is 14.4 Å². The molecule has 1 N–H and O–H groups in total. The second-order valence-corrected chi connectivity index (χ2v) is 12.5. The van der Waals surface area contributed by atoms with Crippen LogP contribution in [-0.4, -0.2) is 49.8 Å². The molecule has 0 saturated heterocycles. The molecule has 0 bridgehead atoms. The van der Waals surface area contributed by atoms with E-state index in [4.69, 9.17) is 16.3 Å². The first-order valence-corrected chi connectivity index (χ1v) is 14.8. The fourth-order valence-electron chi connectivity index (χ4n) is 5.09. The third-order valence-corrected chi connectivity index (χ3v) is 7.53. The van der Waals surface area contributed by atoms with Crippen molar-refractivity contribution in [2.24, 2.45) is 5.92 Å². The van der Waals surface area contributed by atoms with Crippen LogP contribution in [0.4, 0.5) is 4.79 Å². The van der Waals surface area contributed by atoms with Gasteiger partial charge in [0.2, 0.25) is 0 Å². The molecule has 1 unspecified atom stereocenters. The van der Waals surface area contributed by atoms with Crippen LogP contribution in [-0.2, 0) is 11.3 Å². The summed E-state index contributed by atoms with van der Waals surface area (Å²) >= 11 is 6.63. The van der Waals surface area contributed by atoms with Gasteiger partial charge in [-0.25, -0.2) is 9.59 Å². The first-order chi connectivity index (χ1) is 20.3. The Morgan fingerprint density at radius 1 is 1.05 bits per heavy atom. The summed E-state index contributed by atoms with van der Waals surface area (Å²) in [7, 11) is 0. The third kappa shape index (κ3) is 7.46. The molecule has 2 amide bonds. The highest BCUT2D eigenvalue weighted by Crippen LogP contribution is 2.32. The van der Waals surface area contributed by atoms with Gasteiger partial charge in [0.05, 0.1) is 28.8 Å². The molecule has 43 heavy (non-hydrogen) atoms. The molecule has 0 aliphatic rings. The van der Waals surface area contributed by atoms with Gasteiger partial charge in [0.1, 0.15) is 5.60 Å². The van der Waals surface area contributed by atoms with E-state index in [1.165, 1.54) is 4.52 Å². The number of halogens is 1. The predicted molar refractivity (Wildman–Crippen MR) is 169 cm³/mol. The van der Waals surface area contributed by atoms with Crippen molar-refractivity contribution in [1.82, 2.24) is 24.4 Å². The lowest BCUT2D eigenvalue weighted by atomic mass is 9.96. The minimum Gasteiger partial charge on any atom is -0.444 e. The fourth-order valence-corrected chi connectivity index (χ4v) is 5.26. The molecule has 2 aromatic heterocycles. The quantitative estimate of drug-likeness (QED) is 0.246. The minimum atomic E-state index is -0.659. The summed E-state index contributed by atoms with van der Waals surface area (Å²) in [6, 6.07) is 18.3. The lowest BCUT2D eigenvalue weighted by Crippen LogP contribution is -2.45. The van der Waals surface area contributed by atoms with Gasteiger partial charge in [-0.15, -0.1) is 0 Å². The van der Waals surface area contributed by atoms with Crippen molar-refractivity contribution >= 4 is 29.1 Å². The Bertz CT molecular complexity index is 1650. The van der Waals surface area contributed by atoms with E-state index >= 15 is 0 Å². The maximum atomic E-state index is 14.2. The van der Waals surface area contributed by atoms with E-state index in [1.807, 2.05) is 69.3 Å². The van der Waals surface area contributed by atoms with Gasteiger partial charge in [-0.3, -0.25) is 9.36 Å². The Morgan fingerprint density at radius 3 is 2.30 bits per heavy atom. The standard InChI is InChI=1S/C33H40ClN5O4/c1-21(2)29(37(18-17-35-31(41)43-33(5,6)7)30(40)25-15-13-22(3)14-16-25)27-19-26-28(34)23(4)36-39(26)32(42)38(27)20-24-11-9-8-10-12-24/h8-16,19,21,29H,17-18,20H2,1-7H3,(H,35,41). The highest BCUT2D eigenvalue weighted by Gasteiger charge is 2.32. The van der Waals surface area contributed by atoms with Crippen molar-refractivity contribution in [2.45, 2.75) is 66.7 Å². The molecular formula is C33H40ClN5O4. The Morgan fingerprint density at radius 2 is 1.70 bits per heavy atom. The Hall–Kier alpha value is -4.11. The SMILES string of the molecule is Cc1ccc(C(=O)N(CCNC(=O)OC(C)(C)C)C(c2cc3c(Cl)c(C)nn3c(=O)n2Cc2ccccc2)C(C)C)cc1. The van der Waals surface area contributed by atoms with Crippen molar-refractivity contribution in [3.05, 3.63) is 104 Å². The summed E-state index contributed by atoms with van der Waals surface area (Å²) in [5.74, 6) is -0.346. The van der Waals surface area contributed by atoms with Gasteiger partial charge >= 0.3 is 11.8 Å². The molecule has 0 fully saturated rings. The van der Waals surface area contributed by atoms with Gasteiger partial charge < -0.3 is 15.0 Å². The highest BCUT2D eigenvalue weighted by atomic mass is 35.5. The average Bonchev–Trinajstić information content (AvgIpc) is 3.22. The maximum Gasteiger partial charge on any atom is 0.407 e. The molecule has 10 heteroatoms. The van der Waals surface area contributed by atoms with E-state index in [1.54, 1.807) is 49.3 Å². The molecule has 4 rings (SSSR count). The summed E-state index contributed by atoms with van der Waals surface area (Å²) in [6.07, 6.45) is -0.569. The van der Waals surface area contributed by atoms with E-state index in [0.717, 1.165) is 11.1 Å². The largest absolute Gasteiger partial charge is 0.444 e. The summed E-state index contributed by atoms with van der Waals surface area (Å²) < 4.78 is 8.39. The molecule has 228 valence electrons. The number of ether oxygens (including phenoxy) is 1. The molecule has 0 aliphatic carbocycles. The van der Waals surface area contributed by atoms with E-state index in [2.05, 4.69) is 10.4 Å². The minimum absolute atomic E-state index is 0.123. The van der Waals surface area contributed by atoms with E-state index < -0.39 is 17.7 Å². The number of nitrogens with one attached hydrogen (secondary N) is 1. The summed E-state index contributed by atoms with van der Waals surface area (Å²) in [5.41, 5.74) is 3.08. The first kappa shape index (κ1) is 31.8. The number of aromatic nitrogens is 3. The number of hydrogen-bond acceptors (Lipinski definition) is 5. The molecular weight excluding hydrogens is 566 g/mol. The normalized spacial score (nSPS) is 12.4. The molecule has 0 spiro atoms. The van der Waals surface area contributed by atoms with Gasteiger partial charge in [-0.05, 0) is 64.3 Å². The van der Waals surface area contributed by atoms with Crippen LogP contribution in [0.1, 0.15) is 73.5 Å². The van der Waals surface area contributed by atoms with Crippen LogP contribution in [0.15, 0.2) is 65.5 Å². The number of benzene rings is 2. The number of rotatable bonds is 9. The summed E-state index contributed by atoms with van der Waals surface area (Å²) in [4.78, 5) is 42.4. The van der Waals surface area contributed by atoms with Gasteiger partial charge in [0, 0.05) is 24.3 Å². The number of aryl methyl sites for hydroxylation is 2. The van der Waals surface area contributed by atoms with Crippen LogP contribution < -0.4 is 11.0 Å². The monoisotopic (exact) mass is 605 g/mol. The van der Waals surface area contributed by atoms with Crippen molar-refractivity contribution in [3.63, 3.8) is 0 Å². The van der Waals surface area contributed by atoms with Gasteiger partial charge in [-0.1, -0.05) is 73.5 Å². The number of fused-ring (bicyclic) bond motifs is 1. The molecule has 4 aromatic rings. The smallest absolute Gasteiger partial charge is 0.407 e. The zero-order valence-electron chi connectivity index (χ0n) is 25.8. The van der Waals surface area contributed by atoms with Crippen LogP contribution in [0, 0.1) is 19.8 Å². The summed E-state index contributed by atoms with van der Waals surface area (Å²) in [6.45, 7) is 13.7. The predicted octanol–water partition coefficient (Wildman–Crippen LogP) is 6.18. The van der Waals surface area contributed by atoms with Crippen molar-refractivity contribution in [3.8, 4) is 0 Å². The molecule has 2 heterocycles. The lowest BCUT2D eigenvalue weighted by Gasteiger charge is -2.36. The average molecular weight is 606 g/mol. The second-order valence-electron chi connectivity index (χ2n) is 12.1. The third-order valence-electron chi connectivity index (χ3n) is 7.06. The van der Waals surface area contributed by atoms with Crippen LogP contribution in [0.3, 0.4) is 0 Å². The number of amides is 2. The number of carbonyl (C=O) groups excluding carboxylic acids is 2. The van der Waals surface area contributed by atoms with Gasteiger partial charge in [0.15, 0.2) is 0 Å². The summed E-state index contributed by atoms with van der Waals surface area (Å²) in [5, 5.41) is 7.57. The Labute approximate surface area is 257 Å². The van der Waals surface area contributed by atoms with Crippen LogP contribution in [0.2, 0.25) is 5.02 Å². The second kappa shape index (κ2) is 13.0. The number of nitrogens with zero attached hydrogens (tertiary/aromatic N) is 4. The molecule has 0 aliphatic heterocycles. The fraction of sp³-hybridized carbons (Fsp3) is 0.394.